The van der Waals surface area contributed by atoms with Gasteiger partial charge in [-0.15, -0.1) is 0 Å². The summed E-state index contributed by atoms with van der Waals surface area (Å²) >= 11 is 0. The Bertz CT molecular complexity index is 656. The van der Waals surface area contributed by atoms with E-state index >= 15 is 0 Å². The Labute approximate surface area is 176 Å². The molecule has 3 rings (SSSR count). The minimum absolute atomic E-state index is 0.306. The van der Waals surface area contributed by atoms with Crippen molar-refractivity contribution in [1.29, 1.82) is 0 Å². The molecule has 0 bridgehead atoms. The summed E-state index contributed by atoms with van der Waals surface area (Å²) < 4.78 is 0. The zero-order chi connectivity index (χ0) is 20.5. The van der Waals surface area contributed by atoms with Crippen molar-refractivity contribution < 1.29 is 4.79 Å². The number of carbonyl (C=O) groups excluding carboxylic acids is 1. The molecular formula is C23H37N5O. The predicted octanol–water partition coefficient (Wildman–Crippen LogP) is 2.13. The number of likely N-dealkylation sites (tertiary alicyclic amines) is 1. The maximum absolute atomic E-state index is 12.6. The molecule has 2 saturated heterocycles. The minimum Gasteiger partial charge on any atom is -0.356 e. The summed E-state index contributed by atoms with van der Waals surface area (Å²) in [6, 6.07) is 8.71. The van der Waals surface area contributed by atoms with Gasteiger partial charge in [-0.05, 0) is 31.7 Å². The average Bonchev–Trinajstić information content (AvgIpc) is 3.03. The van der Waals surface area contributed by atoms with E-state index in [9.17, 15) is 4.79 Å². The average molecular weight is 400 g/mol. The number of hydrogen-bond acceptors (Lipinski definition) is 3. The van der Waals surface area contributed by atoms with Crippen LogP contribution in [0.15, 0.2) is 29.3 Å². The molecule has 6 nitrogen and oxygen atoms in total. The topological polar surface area (TPSA) is 51.2 Å². The van der Waals surface area contributed by atoms with E-state index in [2.05, 4.69) is 56.2 Å². The van der Waals surface area contributed by atoms with Crippen molar-refractivity contribution in [2.24, 2.45) is 4.99 Å². The van der Waals surface area contributed by atoms with Gasteiger partial charge in [-0.1, -0.05) is 42.7 Å². The van der Waals surface area contributed by atoms with Gasteiger partial charge in [-0.2, -0.15) is 0 Å². The van der Waals surface area contributed by atoms with E-state index in [0.717, 1.165) is 71.0 Å². The quantitative estimate of drug-likeness (QED) is 0.609. The molecule has 2 aliphatic heterocycles. The van der Waals surface area contributed by atoms with Crippen LogP contribution in [0.1, 0.15) is 36.8 Å². The molecule has 29 heavy (non-hydrogen) atoms. The van der Waals surface area contributed by atoms with Crippen molar-refractivity contribution in [2.45, 2.75) is 39.0 Å². The molecule has 2 aliphatic rings. The second kappa shape index (κ2) is 11.2. The second-order valence-electron chi connectivity index (χ2n) is 8.27. The Balaban J connectivity index is 1.39. The number of carbonyl (C=O) groups is 1. The van der Waals surface area contributed by atoms with E-state index in [1.165, 1.54) is 24.0 Å². The second-order valence-corrected chi connectivity index (χ2v) is 8.27. The van der Waals surface area contributed by atoms with Crippen molar-refractivity contribution in [2.75, 3.05) is 59.4 Å². The summed E-state index contributed by atoms with van der Waals surface area (Å²) in [4.78, 5) is 23.8. The molecular weight excluding hydrogens is 362 g/mol. The monoisotopic (exact) mass is 399 g/mol. The van der Waals surface area contributed by atoms with Gasteiger partial charge in [0.15, 0.2) is 5.96 Å². The van der Waals surface area contributed by atoms with Crippen LogP contribution in [-0.4, -0.2) is 86.0 Å². The summed E-state index contributed by atoms with van der Waals surface area (Å²) in [5.74, 6) is 1.27. The van der Waals surface area contributed by atoms with Crippen LogP contribution in [0.25, 0.3) is 0 Å². The zero-order valence-corrected chi connectivity index (χ0v) is 18.2. The number of amides is 1. The molecule has 2 heterocycles. The van der Waals surface area contributed by atoms with Gasteiger partial charge in [-0.25, -0.2) is 0 Å². The summed E-state index contributed by atoms with van der Waals surface area (Å²) in [5, 5.41) is 3.50. The Hall–Kier alpha value is -2.08. The minimum atomic E-state index is 0.306. The van der Waals surface area contributed by atoms with Crippen LogP contribution >= 0.6 is 0 Å². The smallest absolute Gasteiger partial charge is 0.236 e. The van der Waals surface area contributed by atoms with Crippen LogP contribution in [0.5, 0.6) is 0 Å². The van der Waals surface area contributed by atoms with Crippen LogP contribution in [-0.2, 0) is 11.2 Å². The highest BCUT2D eigenvalue weighted by Gasteiger charge is 2.23. The lowest BCUT2D eigenvalue weighted by Crippen LogP contribution is -2.54. The molecule has 6 heteroatoms. The Morgan fingerprint density at radius 2 is 1.59 bits per heavy atom. The molecule has 160 valence electrons. The number of nitrogens with zero attached hydrogens (tertiary/aromatic N) is 4. The van der Waals surface area contributed by atoms with Crippen LogP contribution in [0.4, 0.5) is 0 Å². The first-order chi connectivity index (χ1) is 14.2. The number of rotatable bonds is 5. The number of hydrogen-bond donors (Lipinski definition) is 1. The molecule has 0 radical (unpaired) electrons. The van der Waals surface area contributed by atoms with Gasteiger partial charge < -0.3 is 15.1 Å². The molecule has 1 N–H and O–H groups in total. The van der Waals surface area contributed by atoms with Crippen LogP contribution in [0, 0.1) is 6.92 Å². The van der Waals surface area contributed by atoms with Crippen LogP contribution in [0.3, 0.4) is 0 Å². The number of aryl methyl sites for hydroxylation is 1. The Kier molecular flexibility index (Phi) is 8.35. The predicted molar refractivity (Wildman–Crippen MR) is 119 cm³/mol. The van der Waals surface area contributed by atoms with E-state index in [1.54, 1.807) is 0 Å². The van der Waals surface area contributed by atoms with Gasteiger partial charge >= 0.3 is 0 Å². The van der Waals surface area contributed by atoms with E-state index < -0.39 is 0 Å². The van der Waals surface area contributed by atoms with Gasteiger partial charge in [0.1, 0.15) is 0 Å². The maximum atomic E-state index is 12.6. The van der Waals surface area contributed by atoms with Crippen molar-refractivity contribution in [1.82, 2.24) is 20.0 Å². The fourth-order valence-corrected chi connectivity index (χ4v) is 4.13. The third-order valence-corrected chi connectivity index (χ3v) is 6.02. The third-order valence-electron chi connectivity index (χ3n) is 6.02. The van der Waals surface area contributed by atoms with E-state index in [4.69, 9.17) is 0 Å². The molecule has 0 saturated carbocycles. The molecule has 0 atom stereocenters. The lowest BCUT2D eigenvalue weighted by Gasteiger charge is -2.37. The number of benzene rings is 1. The van der Waals surface area contributed by atoms with Crippen molar-refractivity contribution >= 4 is 11.9 Å². The van der Waals surface area contributed by atoms with Crippen LogP contribution < -0.4 is 5.32 Å². The molecule has 2 fully saturated rings. The number of piperazine rings is 1. The Morgan fingerprint density at radius 1 is 0.931 bits per heavy atom. The molecule has 0 spiro atoms. The summed E-state index contributed by atoms with van der Waals surface area (Å²) in [6.07, 6.45) is 5.83. The van der Waals surface area contributed by atoms with Gasteiger partial charge in [-0.3, -0.25) is 14.7 Å². The molecule has 0 aromatic heterocycles. The molecule has 1 aromatic carbocycles. The lowest BCUT2D eigenvalue weighted by atomic mass is 10.1. The molecule has 1 amide bonds. The molecule has 1 aromatic rings. The third kappa shape index (κ3) is 6.74. The van der Waals surface area contributed by atoms with E-state index in [-0.39, 0.29) is 0 Å². The highest BCUT2D eigenvalue weighted by Crippen LogP contribution is 2.11. The normalized spacial score (nSPS) is 19.2. The van der Waals surface area contributed by atoms with Crippen molar-refractivity contribution in [3.63, 3.8) is 0 Å². The Morgan fingerprint density at radius 3 is 2.21 bits per heavy atom. The summed E-state index contributed by atoms with van der Waals surface area (Å²) in [5.41, 5.74) is 2.64. The van der Waals surface area contributed by atoms with Gasteiger partial charge in [0.2, 0.25) is 5.91 Å². The lowest BCUT2D eigenvalue weighted by molar-refractivity contribution is -0.132. The number of aliphatic imine (C=N–C) groups is 1. The highest BCUT2D eigenvalue weighted by molar-refractivity contribution is 5.80. The zero-order valence-electron chi connectivity index (χ0n) is 18.2. The summed E-state index contributed by atoms with van der Waals surface area (Å²) in [6.45, 7) is 9.10. The van der Waals surface area contributed by atoms with E-state index in [1.807, 2.05) is 7.05 Å². The largest absolute Gasteiger partial charge is 0.356 e. The van der Waals surface area contributed by atoms with Crippen molar-refractivity contribution in [3.05, 3.63) is 35.4 Å². The van der Waals surface area contributed by atoms with Gasteiger partial charge in [0.05, 0.1) is 6.54 Å². The van der Waals surface area contributed by atoms with E-state index in [0.29, 0.717) is 12.5 Å². The highest BCUT2D eigenvalue weighted by atomic mass is 16.2. The van der Waals surface area contributed by atoms with Crippen molar-refractivity contribution in [3.8, 4) is 0 Å². The van der Waals surface area contributed by atoms with Gasteiger partial charge in [0.25, 0.3) is 0 Å². The first-order valence-electron chi connectivity index (χ1n) is 11.2. The van der Waals surface area contributed by atoms with Crippen LogP contribution in [0.2, 0.25) is 0 Å². The molecule has 0 unspecified atom stereocenters. The standard InChI is InChI=1S/C23H37N5O/c1-20-7-9-21(10-8-20)11-12-25-23(24-2)28-17-15-26(16-18-28)19-22(29)27-13-5-3-4-6-14-27/h7-10H,3-6,11-19H2,1-2H3,(H,24,25). The molecule has 0 aliphatic carbocycles. The first kappa shape index (κ1) is 21.6. The first-order valence-corrected chi connectivity index (χ1v) is 11.2. The SMILES string of the molecule is CN=C(NCCc1ccc(C)cc1)N1CCN(CC(=O)N2CCCCCC2)CC1. The maximum Gasteiger partial charge on any atom is 0.236 e. The fraction of sp³-hybridized carbons (Fsp3) is 0.652. The fourth-order valence-electron chi connectivity index (χ4n) is 4.13. The van der Waals surface area contributed by atoms with Gasteiger partial charge in [0, 0.05) is 52.9 Å². The number of guanidine groups is 1. The number of nitrogens with one attached hydrogen (secondary N) is 1. The summed E-state index contributed by atoms with van der Waals surface area (Å²) in [7, 11) is 1.85.